The van der Waals surface area contributed by atoms with Gasteiger partial charge in [-0.05, 0) is 58.5 Å². The predicted molar refractivity (Wildman–Crippen MR) is 82.5 cm³/mol. The van der Waals surface area contributed by atoms with Crippen molar-refractivity contribution in [2.45, 2.75) is 23.8 Å². The number of thioether (sulfide) groups is 1. The molecule has 2 rings (SSSR count). The third-order valence-electron chi connectivity index (χ3n) is 2.73. The quantitative estimate of drug-likeness (QED) is 0.824. The van der Waals surface area contributed by atoms with E-state index in [1.807, 2.05) is 11.8 Å². The van der Waals surface area contributed by atoms with Gasteiger partial charge in [0.25, 0.3) is 0 Å². The summed E-state index contributed by atoms with van der Waals surface area (Å²) >= 11 is 8.48. The van der Waals surface area contributed by atoms with Crippen LogP contribution < -0.4 is 4.72 Å². The molecule has 0 atom stereocenters. The molecule has 1 aromatic carbocycles. The van der Waals surface area contributed by atoms with E-state index in [1.165, 1.54) is 0 Å². The van der Waals surface area contributed by atoms with E-state index < -0.39 is 10.0 Å². The van der Waals surface area contributed by atoms with Crippen LogP contribution in [0.1, 0.15) is 12.8 Å². The second-order valence-electron chi connectivity index (χ2n) is 4.08. The number of sulfonamides is 1. The summed E-state index contributed by atoms with van der Waals surface area (Å²) in [5, 5.41) is 0. The van der Waals surface area contributed by atoms with E-state index in [2.05, 4.69) is 36.6 Å². The average Bonchev–Trinajstić information content (AvgIpc) is 2.29. The van der Waals surface area contributed by atoms with Crippen LogP contribution in [-0.2, 0) is 10.0 Å². The maximum absolute atomic E-state index is 12.3. The Morgan fingerprint density at radius 1 is 1.22 bits per heavy atom. The van der Waals surface area contributed by atoms with Crippen LogP contribution >= 0.6 is 43.6 Å². The lowest BCUT2D eigenvalue weighted by Gasteiger charge is -2.22. The molecule has 1 heterocycles. The van der Waals surface area contributed by atoms with Crippen molar-refractivity contribution < 1.29 is 8.42 Å². The molecular weight excluding hydrogens is 402 g/mol. The van der Waals surface area contributed by atoms with Crippen LogP contribution in [0.5, 0.6) is 0 Å². The zero-order valence-electron chi connectivity index (χ0n) is 9.53. The summed E-state index contributed by atoms with van der Waals surface area (Å²) in [5.41, 5.74) is 0. The molecule has 0 aliphatic carbocycles. The van der Waals surface area contributed by atoms with Gasteiger partial charge in [-0.3, -0.25) is 0 Å². The zero-order chi connectivity index (χ0) is 13.2. The smallest absolute Gasteiger partial charge is 0.208 e. The normalized spacial score (nSPS) is 17.9. The lowest BCUT2D eigenvalue weighted by atomic mass is 10.2. The fourth-order valence-corrected chi connectivity index (χ4v) is 5.95. The molecule has 0 amide bonds. The van der Waals surface area contributed by atoms with Gasteiger partial charge in [-0.1, -0.05) is 15.9 Å². The topological polar surface area (TPSA) is 46.2 Å². The molecule has 1 aromatic rings. The van der Waals surface area contributed by atoms with Gasteiger partial charge in [-0.15, -0.1) is 0 Å². The van der Waals surface area contributed by atoms with E-state index in [0.29, 0.717) is 9.37 Å². The Kier molecular flexibility index (Phi) is 5.16. The second-order valence-corrected chi connectivity index (χ2v) is 8.76. The number of benzene rings is 1. The Morgan fingerprint density at radius 2 is 1.89 bits per heavy atom. The maximum atomic E-state index is 12.3. The summed E-state index contributed by atoms with van der Waals surface area (Å²) in [4.78, 5) is 0.295. The highest BCUT2D eigenvalue weighted by Gasteiger charge is 2.23. The van der Waals surface area contributed by atoms with Crippen molar-refractivity contribution in [3.05, 3.63) is 27.1 Å². The fraction of sp³-hybridized carbons (Fsp3) is 0.455. The number of halogens is 2. The average molecular weight is 415 g/mol. The van der Waals surface area contributed by atoms with Crippen molar-refractivity contribution in [1.82, 2.24) is 4.72 Å². The maximum Gasteiger partial charge on any atom is 0.241 e. The molecule has 18 heavy (non-hydrogen) atoms. The van der Waals surface area contributed by atoms with Crippen LogP contribution in [0.2, 0.25) is 0 Å². The minimum atomic E-state index is -3.43. The molecule has 0 unspecified atom stereocenters. The largest absolute Gasteiger partial charge is 0.241 e. The molecule has 1 saturated heterocycles. The lowest BCUT2D eigenvalue weighted by Crippen LogP contribution is -2.37. The number of nitrogens with one attached hydrogen (secondary N) is 1. The molecule has 0 radical (unpaired) electrons. The van der Waals surface area contributed by atoms with Gasteiger partial charge in [0.15, 0.2) is 0 Å². The Labute approximate surface area is 128 Å². The molecular formula is C11H13Br2NO2S2. The van der Waals surface area contributed by atoms with Crippen molar-refractivity contribution in [3.63, 3.8) is 0 Å². The Balaban J connectivity index is 2.19. The summed E-state index contributed by atoms with van der Waals surface area (Å²) in [6.45, 7) is 0. The Hall–Kier alpha value is 0.440. The van der Waals surface area contributed by atoms with Crippen molar-refractivity contribution in [1.29, 1.82) is 0 Å². The first kappa shape index (κ1) is 14.8. The first-order chi connectivity index (χ1) is 8.49. The highest BCUT2D eigenvalue weighted by atomic mass is 79.9. The minimum absolute atomic E-state index is 0.0618. The van der Waals surface area contributed by atoms with E-state index in [0.717, 1.165) is 28.8 Å². The third kappa shape index (κ3) is 3.72. The molecule has 1 aliphatic heterocycles. The molecule has 100 valence electrons. The van der Waals surface area contributed by atoms with Crippen molar-refractivity contribution in [3.8, 4) is 0 Å². The van der Waals surface area contributed by atoms with E-state index in [9.17, 15) is 8.42 Å². The number of hydrogen-bond donors (Lipinski definition) is 1. The van der Waals surface area contributed by atoms with Crippen LogP contribution in [0, 0.1) is 0 Å². The molecule has 0 spiro atoms. The Bertz CT molecular complexity index is 528. The van der Waals surface area contributed by atoms with Gasteiger partial charge in [0.05, 0.1) is 4.90 Å². The monoisotopic (exact) mass is 413 g/mol. The standard InChI is InChI=1S/C11H13Br2NO2S2/c12-8-1-2-11(10(13)7-8)18(15,16)14-9-3-5-17-6-4-9/h1-2,7,9,14H,3-6H2. The van der Waals surface area contributed by atoms with Crippen LogP contribution in [0.3, 0.4) is 0 Å². The molecule has 1 aliphatic rings. The van der Waals surface area contributed by atoms with Gasteiger partial charge in [-0.25, -0.2) is 13.1 Å². The van der Waals surface area contributed by atoms with E-state index in [4.69, 9.17) is 0 Å². The van der Waals surface area contributed by atoms with Gasteiger partial charge in [0, 0.05) is 15.0 Å². The van der Waals surface area contributed by atoms with Gasteiger partial charge in [0.1, 0.15) is 0 Å². The highest BCUT2D eigenvalue weighted by Crippen LogP contribution is 2.27. The number of hydrogen-bond acceptors (Lipinski definition) is 3. The molecule has 1 fully saturated rings. The van der Waals surface area contributed by atoms with Gasteiger partial charge >= 0.3 is 0 Å². The Morgan fingerprint density at radius 3 is 2.50 bits per heavy atom. The van der Waals surface area contributed by atoms with Crippen molar-refractivity contribution >= 4 is 53.6 Å². The van der Waals surface area contributed by atoms with Crippen LogP contribution in [-0.4, -0.2) is 26.0 Å². The SMILES string of the molecule is O=S(=O)(NC1CCSCC1)c1ccc(Br)cc1Br. The molecule has 0 saturated carbocycles. The molecule has 0 bridgehead atoms. The van der Waals surface area contributed by atoms with E-state index in [1.54, 1.807) is 18.2 Å². The third-order valence-corrected chi connectivity index (χ3v) is 6.77. The zero-order valence-corrected chi connectivity index (χ0v) is 14.3. The van der Waals surface area contributed by atoms with Crippen LogP contribution in [0.4, 0.5) is 0 Å². The van der Waals surface area contributed by atoms with E-state index >= 15 is 0 Å². The first-order valence-electron chi connectivity index (χ1n) is 5.54. The van der Waals surface area contributed by atoms with Gasteiger partial charge < -0.3 is 0 Å². The lowest BCUT2D eigenvalue weighted by molar-refractivity contribution is 0.528. The summed E-state index contributed by atoms with van der Waals surface area (Å²) in [6, 6.07) is 5.14. The molecule has 7 heteroatoms. The molecule has 3 nitrogen and oxygen atoms in total. The molecule has 1 N–H and O–H groups in total. The fourth-order valence-electron chi connectivity index (χ4n) is 1.79. The highest BCUT2D eigenvalue weighted by molar-refractivity contribution is 9.11. The van der Waals surface area contributed by atoms with Gasteiger partial charge in [-0.2, -0.15) is 11.8 Å². The minimum Gasteiger partial charge on any atom is -0.208 e. The predicted octanol–water partition coefficient (Wildman–Crippen LogP) is 3.39. The van der Waals surface area contributed by atoms with Crippen LogP contribution in [0.15, 0.2) is 32.0 Å². The van der Waals surface area contributed by atoms with Crippen molar-refractivity contribution in [2.24, 2.45) is 0 Å². The summed E-state index contributed by atoms with van der Waals surface area (Å²) in [7, 11) is -3.43. The van der Waals surface area contributed by atoms with Crippen LogP contribution in [0.25, 0.3) is 0 Å². The summed E-state index contributed by atoms with van der Waals surface area (Å²) in [5.74, 6) is 2.05. The van der Waals surface area contributed by atoms with Gasteiger partial charge in [0.2, 0.25) is 10.0 Å². The van der Waals surface area contributed by atoms with Crippen molar-refractivity contribution in [2.75, 3.05) is 11.5 Å². The molecule has 0 aromatic heterocycles. The summed E-state index contributed by atoms with van der Waals surface area (Å²) in [6.07, 6.45) is 1.80. The van der Waals surface area contributed by atoms with E-state index in [-0.39, 0.29) is 6.04 Å². The number of rotatable bonds is 3. The second kappa shape index (κ2) is 6.26. The first-order valence-corrected chi connectivity index (χ1v) is 9.76. The summed E-state index contributed by atoms with van der Waals surface area (Å²) < 4.78 is 28.8.